The Morgan fingerprint density at radius 1 is 1.30 bits per heavy atom. The molecule has 2 aromatic rings. The van der Waals surface area contributed by atoms with Gasteiger partial charge >= 0.3 is 0 Å². The molecule has 124 valence electrons. The van der Waals surface area contributed by atoms with Crippen molar-refractivity contribution >= 4 is 11.7 Å². The molecule has 0 aliphatic rings. The van der Waals surface area contributed by atoms with Crippen LogP contribution in [0.1, 0.15) is 12.5 Å². The van der Waals surface area contributed by atoms with E-state index in [2.05, 4.69) is 15.3 Å². The molecular formula is C17H24N4O2. The summed E-state index contributed by atoms with van der Waals surface area (Å²) in [4.78, 5) is 14.2. The highest BCUT2D eigenvalue weighted by Gasteiger charge is 2.14. The summed E-state index contributed by atoms with van der Waals surface area (Å²) < 4.78 is 7.41. The van der Waals surface area contributed by atoms with Crippen molar-refractivity contribution < 1.29 is 9.53 Å². The molecule has 6 nitrogen and oxygen atoms in total. The van der Waals surface area contributed by atoms with Gasteiger partial charge in [-0.1, -0.05) is 30.3 Å². The minimum atomic E-state index is -0.540. The lowest BCUT2D eigenvalue weighted by molar-refractivity contribution is -0.127. The molecule has 1 N–H and O–H groups in total. The van der Waals surface area contributed by atoms with Crippen molar-refractivity contribution in [3.63, 3.8) is 0 Å². The van der Waals surface area contributed by atoms with E-state index in [4.69, 9.17) is 4.74 Å². The average molecular weight is 316 g/mol. The second-order valence-electron chi connectivity index (χ2n) is 5.70. The molecule has 0 saturated carbocycles. The Kier molecular flexibility index (Phi) is 6.31. The third kappa shape index (κ3) is 5.84. The molecule has 1 heterocycles. The van der Waals surface area contributed by atoms with Gasteiger partial charge in [0.05, 0.1) is 13.2 Å². The Balaban J connectivity index is 1.79. The fourth-order valence-corrected chi connectivity index (χ4v) is 1.95. The molecule has 1 amide bonds. The zero-order chi connectivity index (χ0) is 16.7. The maximum atomic E-state index is 12.1. The van der Waals surface area contributed by atoms with Crippen LogP contribution in [0, 0.1) is 0 Å². The van der Waals surface area contributed by atoms with E-state index < -0.39 is 6.10 Å². The van der Waals surface area contributed by atoms with Crippen LogP contribution in [0.2, 0.25) is 0 Å². The summed E-state index contributed by atoms with van der Waals surface area (Å²) in [5, 5.41) is 7.10. The van der Waals surface area contributed by atoms with Gasteiger partial charge in [0.1, 0.15) is 6.10 Å². The minimum absolute atomic E-state index is 0.196. The number of likely N-dealkylation sites (N-methyl/N-ethyl adjacent to an activating group) is 1. The molecule has 1 unspecified atom stereocenters. The van der Waals surface area contributed by atoms with Gasteiger partial charge < -0.3 is 15.0 Å². The number of amides is 1. The number of hydrogen-bond donors (Lipinski definition) is 1. The van der Waals surface area contributed by atoms with Crippen molar-refractivity contribution in [2.75, 3.05) is 26.0 Å². The molecule has 2 rings (SSSR count). The van der Waals surface area contributed by atoms with Gasteiger partial charge in [-0.25, -0.2) is 0 Å². The summed E-state index contributed by atoms with van der Waals surface area (Å²) in [6, 6.07) is 11.6. The van der Waals surface area contributed by atoms with Gasteiger partial charge in [0.25, 0.3) is 5.91 Å². The highest BCUT2D eigenvalue weighted by Crippen LogP contribution is 2.07. The van der Waals surface area contributed by atoms with Gasteiger partial charge in [0.15, 0.2) is 5.82 Å². The van der Waals surface area contributed by atoms with E-state index in [0.717, 1.165) is 18.7 Å². The van der Waals surface area contributed by atoms with Crippen LogP contribution in [0.25, 0.3) is 0 Å². The number of aromatic nitrogens is 2. The van der Waals surface area contributed by atoms with Crippen LogP contribution < -0.4 is 5.32 Å². The molecule has 0 aliphatic heterocycles. The van der Waals surface area contributed by atoms with Crippen LogP contribution in [0.15, 0.2) is 42.6 Å². The molecule has 1 atom stereocenters. The lowest BCUT2D eigenvalue weighted by atomic mass is 10.2. The Bertz CT molecular complexity index is 610. The van der Waals surface area contributed by atoms with Crippen molar-refractivity contribution in [2.45, 2.75) is 26.2 Å². The zero-order valence-corrected chi connectivity index (χ0v) is 13.9. The summed E-state index contributed by atoms with van der Waals surface area (Å²) in [7, 11) is 4.02. The molecule has 0 saturated heterocycles. The quantitative estimate of drug-likeness (QED) is 0.809. The standard InChI is InChI=1S/C17H24N4O2/c1-14(23-13-15-7-5-4-6-8-15)17(22)18-16-9-10-21(19-16)12-11-20(2)3/h4-10,14H,11-13H2,1-3H3,(H,18,19,22). The summed E-state index contributed by atoms with van der Waals surface area (Å²) in [6.07, 6.45) is 1.32. The number of carbonyl (C=O) groups is 1. The Labute approximate surface area is 137 Å². The average Bonchev–Trinajstić information content (AvgIpc) is 2.99. The first kappa shape index (κ1) is 17.2. The second-order valence-corrected chi connectivity index (χ2v) is 5.70. The molecule has 1 aromatic heterocycles. The molecule has 0 fully saturated rings. The fourth-order valence-electron chi connectivity index (χ4n) is 1.95. The van der Waals surface area contributed by atoms with Crippen LogP contribution in [0.4, 0.5) is 5.82 Å². The maximum Gasteiger partial charge on any atom is 0.254 e. The van der Waals surface area contributed by atoms with E-state index in [0.29, 0.717) is 12.4 Å². The third-order valence-electron chi connectivity index (χ3n) is 3.38. The number of nitrogens with zero attached hydrogens (tertiary/aromatic N) is 3. The van der Waals surface area contributed by atoms with Gasteiger partial charge in [-0.05, 0) is 26.6 Å². The number of anilines is 1. The number of benzene rings is 1. The summed E-state index contributed by atoms with van der Waals surface area (Å²) >= 11 is 0. The van der Waals surface area contributed by atoms with Gasteiger partial charge in [-0.2, -0.15) is 5.10 Å². The number of rotatable bonds is 8. The van der Waals surface area contributed by atoms with Crippen LogP contribution in [-0.2, 0) is 22.7 Å². The Morgan fingerprint density at radius 2 is 2.04 bits per heavy atom. The summed E-state index contributed by atoms with van der Waals surface area (Å²) in [5.74, 6) is 0.350. The summed E-state index contributed by atoms with van der Waals surface area (Å²) in [5.41, 5.74) is 1.04. The van der Waals surface area contributed by atoms with Crippen molar-refractivity contribution in [2.24, 2.45) is 0 Å². The van der Waals surface area contributed by atoms with Gasteiger partial charge in [0, 0.05) is 18.8 Å². The number of hydrogen-bond acceptors (Lipinski definition) is 4. The fraction of sp³-hybridized carbons (Fsp3) is 0.412. The molecule has 0 aliphatic carbocycles. The molecule has 1 aromatic carbocycles. The lowest BCUT2D eigenvalue weighted by Gasteiger charge is -2.12. The highest BCUT2D eigenvalue weighted by molar-refractivity contribution is 5.92. The zero-order valence-electron chi connectivity index (χ0n) is 13.9. The number of ether oxygens (including phenoxy) is 1. The normalized spacial score (nSPS) is 12.3. The molecule has 0 radical (unpaired) electrons. The largest absolute Gasteiger partial charge is 0.364 e. The summed E-state index contributed by atoms with van der Waals surface area (Å²) in [6.45, 7) is 3.82. The van der Waals surface area contributed by atoms with Crippen LogP contribution in [0.3, 0.4) is 0 Å². The Hall–Kier alpha value is -2.18. The predicted octanol–water partition coefficient (Wildman–Crippen LogP) is 1.99. The molecule has 6 heteroatoms. The highest BCUT2D eigenvalue weighted by atomic mass is 16.5. The van der Waals surface area contributed by atoms with E-state index in [1.54, 1.807) is 13.0 Å². The number of nitrogens with one attached hydrogen (secondary N) is 1. The second kappa shape index (κ2) is 8.45. The first-order valence-corrected chi connectivity index (χ1v) is 7.69. The first-order valence-electron chi connectivity index (χ1n) is 7.69. The van der Waals surface area contributed by atoms with E-state index in [1.165, 1.54) is 0 Å². The smallest absolute Gasteiger partial charge is 0.254 e. The van der Waals surface area contributed by atoms with Crippen LogP contribution in [0.5, 0.6) is 0 Å². The molecule has 0 spiro atoms. The molecular weight excluding hydrogens is 292 g/mol. The minimum Gasteiger partial charge on any atom is -0.364 e. The van der Waals surface area contributed by atoms with E-state index in [-0.39, 0.29) is 5.91 Å². The first-order chi connectivity index (χ1) is 11.0. The number of carbonyl (C=O) groups excluding carboxylic acids is 1. The van der Waals surface area contributed by atoms with Crippen LogP contribution >= 0.6 is 0 Å². The maximum absolute atomic E-state index is 12.1. The van der Waals surface area contributed by atoms with Crippen molar-refractivity contribution in [1.82, 2.24) is 14.7 Å². The van der Waals surface area contributed by atoms with Crippen molar-refractivity contribution in [3.8, 4) is 0 Å². The SMILES string of the molecule is CC(OCc1ccccc1)C(=O)Nc1ccn(CCN(C)C)n1. The predicted molar refractivity (Wildman–Crippen MR) is 90.1 cm³/mol. The van der Waals surface area contributed by atoms with Gasteiger partial charge in [-0.3, -0.25) is 9.48 Å². The van der Waals surface area contributed by atoms with Gasteiger partial charge in [0.2, 0.25) is 0 Å². The lowest BCUT2D eigenvalue weighted by Crippen LogP contribution is -2.28. The van der Waals surface area contributed by atoms with Crippen molar-refractivity contribution in [1.29, 1.82) is 0 Å². The molecule has 23 heavy (non-hydrogen) atoms. The topological polar surface area (TPSA) is 59.4 Å². The van der Waals surface area contributed by atoms with Crippen molar-refractivity contribution in [3.05, 3.63) is 48.2 Å². The van der Waals surface area contributed by atoms with E-state index in [9.17, 15) is 4.79 Å². The van der Waals surface area contributed by atoms with Gasteiger partial charge in [-0.15, -0.1) is 0 Å². The van der Waals surface area contributed by atoms with E-state index in [1.807, 2.05) is 55.3 Å². The van der Waals surface area contributed by atoms with Crippen LogP contribution in [-0.4, -0.2) is 47.3 Å². The molecule has 0 bridgehead atoms. The third-order valence-corrected chi connectivity index (χ3v) is 3.38. The Morgan fingerprint density at radius 3 is 2.74 bits per heavy atom. The monoisotopic (exact) mass is 316 g/mol. The van der Waals surface area contributed by atoms with E-state index >= 15 is 0 Å².